The molecule has 0 saturated carbocycles. The Labute approximate surface area is 114 Å². The van der Waals surface area contributed by atoms with E-state index < -0.39 is 0 Å². The molecule has 2 rings (SSSR count). The Bertz CT molecular complexity index is 338. The standard InChI is InChI=1S/C14H20FNO.ClH/c15-13-3-1-11(2-4-13)14(7-10-17)12-5-8-16-9-6-12;/h1-4,12,14,16-17H,5-10H2;1H/t14-;/m1./s1. The van der Waals surface area contributed by atoms with Crippen LogP contribution in [-0.4, -0.2) is 24.8 Å². The predicted octanol–water partition coefficient (Wildman–Crippen LogP) is 2.71. The van der Waals surface area contributed by atoms with Gasteiger partial charge in [-0.2, -0.15) is 0 Å². The van der Waals surface area contributed by atoms with E-state index in [-0.39, 0.29) is 24.8 Å². The summed E-state index contributed by atoms with van der Waals surface area (Å²) >= 11 is 0. The number of rotatable bonds is 4. The fourth-order valence-electron chi connectivity index (χ4n) is 2.77. The molecule has 1 heterocycles. The van der Waals surface area contributed by atoms with Crippen molar-refractivity contribution in [2.24, 2.45) is 5.92 Å². The number of nitrogens with one attached hydrogen (secondary N) is 1. The van der Waals surface area contributed by atoms with Gasteiger partial charge in [0, 0.05) is 6.61 Å². The van der Waals surface area contributed by atoms with E-state index in [9.17, 15) is 9.50 Å². The quantitative estimate of drug-likeness (QED) is 0.884. The Kier molecular flexibility index (Phi) is 6.61. The molecule has 1 aromatic rings. The molecule has 1 aromatic carbocycles. The third-order valence-electron chi connectivity index (χ3n) is 3.69. The minimum Gasteiger partial charge on any atom is -0.396 e. The predicted molar refractivity (Wildman–Crippen MR) is 73.7 cm³/mol. The van der Waals surface area contributed by atoms with Crippen molar-refractivity contribution in [2.45, 2.75) is 25.2 Å². The fourth-order valence-corrected chi connectivity index (χ4v) is 2.77. The van der Waals surface area contributed by atoms with Crippen LogP contribution < -0.4 is 5.32 Å². The average Bonchev–Trinajstić information content (AvgIpc) is 2.38. The van der Waals surface area contributed by atoms with Gasteiger partial charge in [-0.3, -0.25) is 0 Å². The molecule has 18 heavy (non-hydrogen) atoms. The Balaban J connectivity index is 0.00000162. The second-order valence-electron chi connectivity index (χ2n) is 4.76. The normalized spacial score (nSPS) is 18.1. The van der Waals surface area contributed by atoms with Crippen LogP contribution in [0.15, 0.2) is 24.3 Å². The molecule has 0 bridgehead atoms. The second kappa shape index (κ2) is 7.72. The van der Waals surface area contributed by atoms with Crippen molar-refractivity contribution in [3.63, 3.8) is 0 Å². The summed E-state index contributed by atoms with van der Waals surface area (Å²) in [6.45, 7) is 2.30. The maximum absolute atomic E-state index is 12.9. The van der Waals surface area contributed by atoms with Crippen LogP contribution in [0.1, 0.15) is 30.7 Å². The molecule has 2 nitrogen and oxygen atoms in total. The average molecular weight is 274 g/mol. The minimum absolute atomic E-state index is 0. The Morgan fingerprint density at radius 2 is 1.83 bits per heavy atom. The summed E-state index contributed by atoms with van der Waals surface area (Å²) in [5, 5.41) is 12.5. The van der Waals surface area contributed by atoms with Crippen LogP contribution in [0.3, 0.4) is 0 Å². The molecule has 1 aliphatic heterocycles. The van der Waals surface area contributed by atoms with Crippen molar-refractivity contribution in [2.75, 3.05) is 19.7 Å². The second-order valence-corrected chi connectivity index (χ2v) is 4.76. The maximum Gasteiger partial charge on any atom is 0.123 e. The molecule has 0 aliphatic carbocycles. The van der Waals surface area contributed by atoms with Crippen LogP contribution in [-0.2, 0) is 0 Å². The molecule has 4 heteroatoms. The summed E-state index contributed by atoms with van der Waals surface area (Å²) in [6.07, 6.45) is 3.06. The summed E-state index contributed by atoms with van der Waals surface area (Å²) < 4.78 is 12.9. The van der Waals surface area contributed by atoms with Crippen LogP contribution in [0.2, 0.25) is 0 Å². The van der Waals surface area contributed by atoms with Gasteiger partial charge in [0.25, 0.3) is 0 Å². The molecule has 0 radical (unpaired) electrons. The zero-order chi connectivity index (χ0) is 12.1. The zero-order valence-corrected chi connectivity index (χ0v) is 11.3. The molecule has 2 N–H and O–H groups in total. The first-order valence-electron chi connectivity index (χ1n) is 6.38. The maximum atomic E-state index is 12.9. The SMILES string of the molecule is Cl.OCC[C@H](c1ccc(F)cc1)C1CCNCC1. The van der Waals surface area contributed by atoms with E-state index in [0.717, 1.165) is 37.9 Å². The smallest absolute Gasteiger partial charge is 0.123 e. The first-order valence-corrected chi connectivity index (χ1v) is 6.38. The van der Waals surface area contributed by atoms with Crippen molar-refractivity contribution < 1.29 is 9.50 Å². The molecule has 102 valence electrons. The number of hydrogen-bond donors (Lipinski definition) is 2. The molecule has 0 unspecified atom stereocenters. The lowest BCUT2D eigenvalue weighted by Crippen LogP contribution is -2.31. The number of aliphatic hydroxyl groups is 1. The summed E-state index contributed by atoms with van der Waals surface area (Å²) in [7, 11) is 0. The lowest BCUT2D eigenvalue weighted by molar-refractivity contribution is 0.233. The molecular weight excluding hydrogens is 253 g/mol. The highest BCUT2D eigenvalue weighted by atomic mass is 35.5. The molecule has 0 amide bonds. The molecule has 1 aliphatic rings. The van der Waals surface area contributed by atoms with Crippen molar-refractivity contribution in [3.05, 3.63) is 35.6 Å². The van der Waals surface area contributed by atoms with Gasteiger partial charge in [-0.25, -0.2) is 4.39 Å². The van der Waals surface area contributed by atoms with Crippen LogP contribution in [0.25, 0.3) is 0 Å². The van der Waals surface area contributed by atoms with Gasteiger partial charge < -0.3 is 10.4 Å². The van der Waals surface area contributed by atoms with Gasteiger partial charge in [-0.15, -0.1) is 12.4 Å². The van der Waals surface area contributed by atoms with Gasteiger partial charge in [-0.1, -0.05) is 12.1 Å². The summed E-state index contributed by atoms with van der Waals surface area (Å²) in [6, 6.07) is 6.75. The topological polar surface area (TPSA) is 32.3 Å². The first kappa shape index (κ1) is 15.4. The van der Waals surface area contributed by atoms with Gasteiger partial charge in [0.1, 0.15) is 5.82 Å². The van der Waals surface area contributed by atoms with Gasteiger partial charge in [0.2, 0.25) is 0 Å². The van der Waals surface area contributed by atoms with Gasteiger partial charge in [0.15, 0.2) is 0 Å². The van der Waals surface area contributed by atoms with E-state index >= 15 is 0 Å². The van der Waals surface area contributed by atoms with E-state index in [2.05, 4.69) is 5.32 Å². The molecule has 1 atom stereocenters. The van der Waals surface area contributed by atoms with Gasteiger partial charge >= 0.3 is 0 Å². The molecule has 0 spiro atoms. The number of aliphatic hydroxyl groups excluding tert-OH is 1. The summed E-state index contributed by atoms with van der Waals surface area (Å²) in [4.78, 5) is 0. The molecule has 0 aromatic heterocycles. The Hall–Kier alpha value is -0.640. The zero-order valence-electron chi connectivity index (χ0n) is 10.4. The third kappa shape index (κ3) is 3.94. The summed E-state index contributed by atoms with van der Waals surface area (Å²) in [5.41, 5.74) is 1.16. The van der Waals surface area contributed by atoms with E-state index in [0.29, 0.717) is 11.8 Å². The minimum atomic E-state index is -0.193. The Morgan fingerprint density at radius 1 is 1.22 bits per heavy atom. The third-order valence-corrected chi connectivity index (χ3v) is 3.69. The summed E-state index contributed by atoms with van der Waals surface area (Å²) in [5.74, 6) is 0.776. The van der Waals surface area contributed by atoms with E-state index in [1.807, 2.05) is 12.1 Å². The highest BCUT2D eigenvalue weighted by molar-refractivity contribution is 5.85. The molecule has 1 saturated heterocycles. The number of piperidine rings is 1. The van der Waals surface area contributed by atoms with Crippen molar-refractivity contribution in [1.29, 1.82) is 0 Å². The van der Waals surface area contributed by atoms with Crippen LogP contribution in [0, 0.1) is 11.7 Å². The molecular formula is C14H21ClFNO. The van der Waals surface area contributed by atoms with Crippen LogP contribution in [0.5, 0.6) is 0 Å². The van der Waals surface area contributed by atoms with Crippen molar-refractivity contribution in [1.82, 2.24) is 5.32 Å². The van der Waals surface area contributed by atoms with E-state index in [1.165, 1.54) is 12.1 Å². The van der Waals surface area contributed by atoms with Crippen molar-refractivity contribution in [3.8, 4) is 0 Å². The fraction of sp³-hybridized carbons (Fsp3) is 0.571. The van der Waals surface area contributed by atoms with Crippen LogP contribution >= 0.6 is 12.4 Å². The van der Waals surface area contributed by atoms with Crippen molar-refractivity contribution >= 4 is 12.4 Å². The lowest BCUT2D eigenvalue weighted by Gasteiger charge is -2.30. The first-order chi connectivity index (χ1) is 8.31. The monoisotopic (exact) mass is 273 g/mol. The highest BCUT2D eigenvalue weighted by Crippen LogP contribution is 2.33. The van der Waals surface area contributed by atoms with Gasteiger partial charge in [-0.05, 0) is 61.9 Å². The molecule has 1 fully saturated rings. The van der Waals surface area contributed by atoms with E-state index in [4.69, 9.17) is 0 Å². The highest BCUT2D eigenvalue weighted by Gasteiger charge is 2.24. The Morgan fingerprint density at radius 3 is 2.39 bits per heavy atom. The number of halogens is 2. The number of hydrogen-bond acceptors (Lipinski definition) is 2. The largest absolute Gasteiger partial charge is 0.396 e. The number of benzene rings is 1. The van der Waals surface area contributed by atoms with Gasteiger partial charge in [0.05, 0.1) is 0 Å². The lowest BCUT2D eigenvalue weighted by atomic mass is 9.79. The van der Waals surface area contributed by atoms with Crippen LogP contribution in [0.4, 0.5) is 4.39 Å². The van der Waals surface area contributed by atoms with E-state index in [1.54, 1.807) is 0 Å².